The van der Waals surface area contributed by atoms with Crippen molar-refractivity contribution >= 4 is 12.4 Å². The molecule has 2 aliphatic rings. The molecule has 6 rings (SSSR count). The van der Waals surface area contributed by atoms with Crippen LogP contribution in [0.1, 0.15) is 45.5 Å². The van der Waals surface area contributed by atoms with Gasteiger partial charge in [0.15, 0.2) is 34.5 Å². The number of hydrogen-bond acceptors (Lipinski definition) is 8. The lowest BCUT2D eigenvalue weighted by Gasteiger charge is -2.35. The summed E-state index contributed by atoms with van der Waals surface area (Å²) in [5, 5.41) is 21.0. The molecule has 4 aromatic rings. The molecule has 0 radical (unpaired) electrons. The minimum Gasteiger partial charge on any atom is -0.504 e. The van der Waals surface area contributed by atoms with E-state index in [2.05, 4.69) is 42.1 Å². The number of halogens is 1. The highest BCUT2D eigenvalue weighted by Gasteiger charge is 2.28. The van der Waals surface area contributed by atoms with Gasteiger partial charge in [-0.1, -0.05) is 18.2 Å². The molecular formula is C37H43ClN2O6. The molecule has 46 heavy (non-hydrogen) atoms. The zero-order chi connectivity index (χ0) is 31.7. The minimum atomic E-state index is 0. The Kier molecular flexibility index (Phi) is 10.2. The van der Waals surface area contributed by atoms with Crippen LogP contribution in [0, 0.1) is 0 Å². The van der Waals surface area contributed by atoms with Crippen molar-refractivity contribution in [3.63, 3.8) is 0 Å². The van der Waals surface area contributed by atoms with Gasteiger partial charge in [0.2, 0.25) is 0 Å². The Labute approximate surface area is 277 Å². The number of methoxy groups -OCH3 is 3. The fraction of sp³-hybridized carbons (Fsp3) is 0.351. The molecule has 0 aromatic heterocycles. The number of benzene rings is 4. The van der Waals surface area contributed by atoms with Crippen LogP contribution in [0.4, 0.5) is 0 Å². The highest BCUT2D eigenvalue weighted by molar-refractivity contribution is 5.85. The number of hydrogen-bond donors (Lipinski definition) is 2. The summed E-state index contributed by atoms with van der Waals surface area (Å²) in [6.07, 6.45) is 3.40. The van der Waals surface area contributed by atoms with Gasteiger partial charge in [0.25, 0.3) is 0 Å². The fourth-order valence-corrected chi connectivity index (χ4v) is 6.74. The van der Waals surface area contributed by atoms with Crippen LogP contribution in [0.15, 0.2) is 66.7 Å². The molecule has 0 saturated carbocycles. The van der Waals surface area contributed by atoms with Gasteiger partial charge in [-0.3, -0.25) is 9.80 Å². The second-order valence-electron chi connectivity index (χ2n) is 12.1. The number of fused-ring (bicyclic) bond motifs is 2. The molecule has 8 nitrogen and oxygen atoms in total. The number of phenols is 2. The number of likely N-dealkylation sites (N-methyl/N-ethyl adjacent to an activating group) is 2. The monoisotopic (exact) mass is 646 g/mol. The van der Waals surface area contributed by atoms with E-state index in [1.54, 1.807) is 21.3 Å². The van der Waals surface area contributed by atoms with Crippen LogP contribution < -0.4 is 18.9 Å². The van der Waals surface area contributed by atoms with Crippen molar-refractivity contribution in [1.82, 2.24) is 9.80 Å². The smallest absolute Gasteiger partial charge is 0.169 e. The first-order valence-corrected chi connectivity index (χ1v) is 15.4. The lowest BCUT2D eigenvalue weighted by Crippen LogP contribution is -2.33. The summed E-state index contributed by atoms with van der Waals surface area (Å²) >= 11 is 0. The lowest BCUT2D eigenvalue weighted by atomic mass is 9.88. The molecule has 244 valence electrons. The topological polar surface area (TPSA) is 83.9 Å². The summed E-state index contributed by atoms with van der Waals surface area (Å²) in [5.74, 6) is 3.42. The first-order chi connectivity index (χ1) is 21.8. The van der Waals surface area contributed by atoms with E-state index in [0.717, 1.165) is 61.2 Å². The Morgan fingerprint density at radius 2 is 1.09 bits per heavy atom. The van der Waals surface area contributed by atoms with Crippen molar-refractivity contribution in [3.05, 3.63) is 100 Å². The van der Waals surface area contributed by atoms with Crippen molar-refractivity contribution in [3.8, 4) is 40.2 Å². The van der Waals surface area contributed by atoms with Crippen LogP contribution in [0.2, 0.25) is 0 Å². The molecule has 0 bridgehead atoms. The predicted octanol–water partition coefficient (Wildman–Crippen LogP) is 6.88. The third kappa shape index (κ3) is 6.70. The Bertz CT molecular complexity index is 1680. The molecule has 4 aromatic carbocycles. The maximum Gasteiger partial charge on any atom is 0.169 e. The van der Waals surface area contributed by atoms with Gasteiger partial charge in [0.05, 0.1) is 21.3 Å². The molecule has 2 aliphatic heterocycles. The number of ether oxygens (including phenoxy) is 4. The van der Waals surface area contributed by atoms with Crippen LogP contribution in [0.5, 0.6) is 40.2 Å². The average Bonchev–Trinajstić information content (AvgIpc) is 3.04. The predicted molar refractivity (Wildman–Crippen MR) is 182 cm³/mol. The SMILES string of the molecule is COc1cc2c(cc1O)[C@@H](Cc1ccc(OC)c(Oc3ccc(C[C@H]4c5cc(O)c(OC)cc5CCN4C)cc3)c1)N(C)CC2.Cl. The van der Waals surface area contributed by atoms with E-state index < -0.39 is 0 Å². The number of rotatable bonds is 9. The Morgan fingerprint density at radius 3 is 1.59 bits per heavy atom. The van der Waals surface area contributed by atoms with Gasteiger partial charge in [-0.15, -0.1) is 12.4 Å². The van der Waals surface area contributed by atoms with Crippen molar-refractivity contribution in [2.45, 2.75) is 37.8 Å². The first-order valence-electron chi connectivity index (χ1n) is 15.4. The zero-order valence-electron chi connectivity index (χ0n) is 27.1. The highest BCUT2D eigenvalue weighted by atomic mass is 35.5. The van der Waals surface area contributed by atoms with Crippen LogP contribution >= 0.6 is 12.4 Å². The van der Waals surface area contributed by atoms with Gasteiger partial charge in [-0.25, -0.2) is 0 Å². The molecule has 0 fully saturated rings. The molecule has 9 heteroatoms. The maximum atomic E-state index is 10.5. The number of phenolic OH excluding ortho intramolecular Hbond substituents is 2. The summed E-state index contributed by atoms with van der Waals surface area (Å²) in [6, 6.07) is 22.2. The van der Waals surface area contributed by atoms with Crippen LogP contribution in [0.25, 0.3) is 0 Å². The summed E-state index contributed by atoms with van der Waals surface area (Å²) in [4.78, 5) is 4.67. The van der Waals surface area contributed by atoms with E-state index in [1.807, 2.05) is 48.5 Å². The second kappa shape index (κ2) is 14.1. The summed E-state index contributed by atoms with van der Waals surface area (Å²) in [5.41, 5.74) is 6.99. The van der Waals surface area contributed by atoms with E-state index >= 15 is 0 Å². The van der Waals surface area contributed by atoms with E-state index in [9.17, 15) is 10.2 Å². The lowest BCUT2D eigenvalue weighted by molar-refractivity contribution is 0.228. The van der Waals surface area contributed by atoms with E-state index in [-0.39, 0.29) is 36.0 Å². The van der Waals surface area contributed by atoms with Crippen molar-refractivity contribution in [1.29, 1.82) is 0 Å². The van der Waals surface area contributed by atoms with Gasteiger partial charge in [-0.2, -0.15) is 0 Å². The fourth-order valence-electron chi connectivity index (χ4n) is 6.74. The van der Waals surface area contributed by atoms with Gasteiger partial charge in [0.1, 0.15) is 5.75 Å². The third-order valence-corrected chi connectivity index (χ3v) is 9.37. The van der Waals surface area contributed by atoms with Crippen molar-refractivity contribution in [2.75, 3.05) is 48.5 Å². The minimum absolute atomic E-state index is 0. The molecule has 2 heterocycles. The molecule has 0 unspecified atom stereocenters. The molecular weight excluding hydrogens is 604 g/mol. The number of aromatic hydroxyl groups is 2. The molecule has 2 atom stereocenters. The molecule has 0 saturated heterocycles. The maximum absolute atomic E-state index is 10.5. The van der Waals surface area contributed by atoms with Gasteiger partial charge < -0.3 is 29.2 Å². The zero-order valence-corrected chi connectivity index (χ0v) is 27.9. The largest absolute Gasteiger partial charge is 0.504 e. The van der Waals surface area contributed by atoms with Crippen LogP contribution in [0.3, 0.4) is 0 Å². The van der Waals surface area contributed by atoms with E-state index in [4.69, 9.17) is 18.9 Å². The van der Waals surface area contributed by atoms with E-state index in [0.29, 0.717) is 23.0 Å². The summed E-state index contributed by atoms with van der Waals surface area (Å²) in [7, 11) is 9.08. The van der Waals surface area contributed by atoms with Crippen molar-refractivity contribution in [2.24, 2.45) is 0 Å². The van der Waals surface area contributed by atoms with Gasteiger partial charge >= 0.3 is 0 Å². The Balaban J connectivity index is 0.00000417. The standard InChI is InChI=1S/C37H42N2O6.ClH/c1-38-14-12-25-19-35(43-4)32(40)21-28(25)30(38)16-23-6-9-27(10-7-23)45-37-18-24(8-11-34(37)42-3)17-31-29-22-33(41)36(44-5)20-26(29)13-15-39(31)2;/h6-11,18-22,30-31,40-41H,12-17H2,1-5H3;1H/t30-,31+;/m0./s1. The number of nitrogens with zero attached hydrogens (tertiary/aromatic N) is 2. The first kappa shape index (κ1) is 33.3. The van der Waals surface area contributed by atoms with Gasteiger partial charge in [0, 0.05) is 25.2 Å². The van der Waals surface area contributed by atoms with Crippen LogP contribution in [-0.4, -0.2) is 68.5 Å². The van der Waals surface area contributed by atoms with E-state index in [1.165, 1.54) is 16.7 Å². The van der Waals surface area contributed by atoms with Crippen molar-refractivity contribution < 1.29 is 29.2 Å². The molecule has 0 amide bonds. The quantitative estimate of drug-likeness (QED) is 0.204. The Morgan fingerprint density at radius 1 is 0.609 bits per heavy atom. The summed E-state index contributed by atoms with van der Waals surface area (Å²) < 4.78 is 22.7. The normalized spacial score (nSPS) is 17.8. The highest BCUT2D eigenvalue weighted by Crippen LogP contribution is 2.41. The van der Waals surface area contributed by atoms with Crippen LogP contribution in [-0.2, 0) is 25.7 Å². The summed E-state index contributed by atoms with van der Waals surface area (Å²) in [6.45, 7) is 1.87. The molecule has 0 spiro atoms. The Hall–Kier alpha value is -4.11. The molecule has 0 aliphatic carbocycles. The second-order valence-corrected chi connectivity index (χ2v) is 12.1. The van der Waals surface area contributed by atoms with Gasteiger partial charge in [-0.05, 0) is 122 Å². The average molecular weight is 647 g/mol. The molecule has 2 N–H and O–H groups in total. The third-order valence-electron chi connectivity index (χ3n) is 9.37.